The highest BCUT2D eigenvalue weighted by Gasteiger charge is 2.27. The topological polar surface area (TPSA) is 77.9 Å². The first kappa shape index (κ1) is 23.1. The lowest BCUT2D eigenvalue weighted by molar-refractivity contribution is -0.898. The maximum absolute atomic E-state index is 13.3. The Morgan fingerprint density at radius 2 is 1.80 bits per heavy atom. The van der Waals surface area contributed by atoms with Gasteiger partial charge in [-0.05, 0) is 54.6 Å². The summed E-state index contributed by atoms with van der Waals surface area (Å²) in [5, 5.41) is 19.2. The number of rotatable bonds is 6. The summed E-state index contributed by atoms with van der Waals surface area (Å²) in [6, 6.07) is 18.3. The third-order valence-corrected chi connectivity index (χ3v) is 6.95. The fourth-order valence-electron chi connectivity index (χ4n) is 4.87. The summed E-state index contributed by atoms with van der Waals surface area (Å²) in [5.41, 5.74) is 5.84. The molecule has 2 aromatic carbocycles. The Morgan fingerprint density at radius 3 is 2.49 bits per heavy atom. The monoisotopic (exact) mass is 466 g/mol. The number of anilines is 1. The number of aromatic nitrogens is 2. The maximum atomic E-state index is 13.3. The fourth-order valence-corrected chi connectivity index (χ4v) is 4.87. The van der Waals surface area contributed by atoms with Crippen LogP contribution in [-0.2, 0) is 6.54 Å². The van der Waals surface area contributed by atoms with Gasteiger partial charge in [0, 0.05) is 65.4 Å². The summed E-state index contributed by atoms with van der Waals surface area (Å²) in [5.74, 6) is 0.0623. The molecule has 1 aliphatic heterocycles. The second kappa shape index (κ2) is 9.56. The van der Waals surface area contributed by atoms with E-state index in [9.17, 15) is 10.0 Å². The van der Waals surface area contributed by atoms with E-state index in [1.54, 1.807) is 13.1 Å². The molecule has 3 heterocycles. The summed E-state index contributed by atoms with van der Waals surface area (Å²) in [7, 11) is 0. The van der Waals surface area contributed by atoms with E-state index in [4.69, 9.17) is 0 Å². The van der Waals surface area contributed by atoms with Crippen molar-refractivity contribution in [2.45, 2.75) is 39.3 Å². The average Bonchev–Trinajstić information content (AvgIpc) is 2.87. The van der Waals surface area contributed by atoms with Crippen molar-refractivity contribution in [3.8, 4) is 11.1 Å². The Hall–Kier alpha value is -3.61. The largest absolute Gasteiger partial charge is 0.633 e. The van der Waals surface area contributed by atoms with Gasteiger partial charge < -0.3 is 15.2 Å². The molecule has 6 nitrogen and oxygen atoms in total. The summed E-state index contributed by atoms with van der Waals surface area (Å²) in [4.78, 5) is 20.3. The molecular formula is C29H30N4O2. The van der Waals surface area contributed by atoms with Crippen LogP contribution < -0.4 is 5.32 Å². The SMILES string of the molecule is CC(=O)c1ccc(-c2cc(NC3CC[N+]([O-])(Cc4ccc(C)nc4)CC3)c3cnccc3c2)cc1. The van der Waals surface area contributed by atoms with Crippen LogP contribution in [0, 0.1) is 12.1 Å². The highest BCUT2D eigenvalue weighted by atomic mass is 16.5. The normalized spacial score (nSPS) is 20.0. The van der Waals surface area contributed by atoms with Crippen molar-refractivity contribution >= 4 is 22.2 Å². The van der Waals surface area contributed by atoms with Crippen LogP contribution in [0.15, 0.2) is 73.2 Å². The minimum absolute atomic E-state index is 0.0623. The molecule has 35 heavy (non-hydrogen) atoms. The van der Waals surface area contributed by atoms with E-state index >= 15 is 0 Å². The maximum Gasteiger partial charge on any atom is 0.159 e. The number of fused-ring (bicyclic) bond motifs is 1. The molecule has 0 atom stereocenters. The van der Waals surface area contributed by atoms with E-state index in [1.807, 2.05) is 61.8 Å². The van der Waals surface area contributed by atoms with Crippen LogP contribution in [0.1, 0.15) is 41.4 Å². The van der Waals surface area contributed by atoms with Gasteiger partial charge in [0.2, 0.25) is 0 Å². The molecule has 0 bridgehead atoms. The van der Waals surface area contributed by atoms with Gasteiger partial charge in [0.05, 0.1) is 13.1 Å². The van der Waals surface area contributed by atoms with Gasteiger partial charge in [-0.25, -0.2) is 0 Å². The number of ketones is 1. The molecule has 1 N–H and O–H groups in total. The number of carbonyl (C=O) groups excluding carboxylic acids is 1. The number of carbonyl (C=O) groups is 1. The summed E-state index contributed by atoms with van der Waals surface area (Å²) < 4.78 is -0.201. The molecule has 4 aromatic rings. The molecule has 0 saturated carbocycles. The molecule has 0 unspecified atom stereocenters. The summed E-state index contributed by atoms with van der Waals surface area (Å²) >= 11 is 0. The number of hydrogen-bond donors (Lipinski definition) is 1. The number of quaternary nitrogens is 1. The smallest absolute Gasteiger partial charge is 0.159 e. The van der Waals surface area contributed by atoms with Gasteiger partial charge in [-0.2, -0.15) is 0 Å². The van der Waals surface area contributed by atoms with E-state index in [2.05, 4.69) is 27.4 Å². The van der Waals surface area contributed by atoms with Crippen LogP contribution >= 0.6 is 0 Å². The minimum Gasteiger partial charge on any atom is -0.633 e. The van der Waals surface area contributed by atoms with Crippen molar-refractivity contribution < 1.29 is 9.44 Å². The summed E-state index contributed by atoms with van der Waals surface area (Å²) in [6.07, 6.45) is 7.13. The Bertz CT molecular complexity index is 1340. The second-order valence-electron chi connectivity index (χ2n) is 9.64. The lowest BCUT2D eigenvalue weighted by Crippen LogP contribution is -2.50. The van der Waals surface area contributed by atoms with Crippen molar-refractivity contribution in [1.29, 1.82) is 0 Å². The summed E-state index contributed by atoms with van der Waals surface area (Å²) in [6.45, 7) is 5.16. The van der Waals surface area contributed by atoms with E-state index in [0.29, 0.717) is 25.2 Å². The number of Topliss-reactive ketones (excluding diaryl/α,β-unsaturated/α-hetero) is 1. The third kappa shape index (κ3) is 5.24. The quantitative estimate of drug-likeness (QED) is 0.218. The number of nitrogens with zero attached hydrogens (tertiary/aromatic N) is 3. The number of likely N-dealkylation sites (tertiary alicyclic amines) is 1. The van der Waals surface area contributed by atoms with Gasteiger partial charge in [-0.3, -0.25) is 14.8 Å². The van der Waals surface area contributed by atoms with Crippen LogP contribution in [0.5, 0.6) is 0 Å². The number of benzene rings is 2. The molecule has 0 amide bonds. The Kier molecular flexibility index (Phi) is 6.32. The van der Waals surface area contributed by atoms with Crippen molar-refractivity contribution in [3.63, 3.8) is 0 Å². The highest BCUT2D eigenvalue weighted by molar-refractivity contribution is 5.98. The van der Waals surface area contributed by atoms with Crippen LogP contribution in [0.2, 0.25) is 0 Å². The molecule has 0 aliphatic carbocycles. The number of pyridine rings is 2. The van der Waals surface area contributed by atoms with Gasteiger partial charge in [0.1, 0.15) is 6.54 Å². The number of aryl methyl sites for hydroxylation is 1. The molecule has 0 radical (unpaired) electrons. The van der Waals surface area contributed by atoms with Gasteiger partial charge in [0.25, 0.3) is 0 Å². The first-order valence-electron chi connectivity index (χ1n) is 12.1. The van der Waals surface area contributed by atoms with Gasteiger partial charge >= 0.3 is 0 Å². The van der Waals surface area contributed by atoms with Gasteiger partial charge in [-0.1, -0.05) is 30.3 Å². The molecular weight excluding hydrogens is 436 g/mol. The lowest BCUT2D eigenvalue weighted by atomic mass is 9.98. The molecule has 178 valence electrons. The zero-order valence-electron chi connectivity index (χ0n) is 20.2. The van der Waals surface area contributed by atoms with Crippen molar-refractivity contribution in [2.24, 2.45) is 0 Å². The first-order valence-corrected chi connectivity index (χ1v) is 12.1. The predicted octanol–water partition coefficient (Wildman–Crippen LogP) is 5.90. The molecule has 0 spiro atoms. The van der Waals surface area contributed by atoms with Gasteiger partial charge in [-0.15, -0.1) is 0 Å². The number of hydrogen-bond acceptors (Lipinski definition) is 5. The molecule has 5 rings (SSSR count). The molecule has 6 heteroatoms. The van der Waals surface area contributed by atoms with E-state index < -0.39 is 0 Å². The molecule has 1 fully saturated rings. The van der Waals surface area contributed by atoms with Crippen molar-refractivity contribution in [2.75, 3.05) is 18.4 Å². The first-order chi connectivity index (χ1) is 16.9. The van der Waals surface area contributed by atoms with E-state index in [1.165, 1.54) is 0 Å². The van der Waals surface area contributed by atoms with Gasteiger partial charge in [0.15, 0.2) is 5.78 Å². The minimum atomic E-state index is -0.201. The number of nitrogens with one attached hydrogen (secondary N) is 1. The van der Waals surface area contributed by atoms with Crippen LogP contribution in [0.3, 0.4) is 0 Å². The lowest BCUT2D eigenvalue weighted by Gasteiger charge is -2.47. The zero-order chi connectivity index (χ0) is 24.4. The molecule has 1 aliphatic rings. The standard InChI is InChI=1S/C29H30N4O2/c1-20-3-4-22(17-31-20)19-33(35)13-10-27(11-14-33)32-29-16-26(15-25-9-12-30-18-28(25)29)24-7-5-23(6-8-24)21(2)34/h3-9,12,15-18,27,32H,10-11,13-14,19H2,1-2H3. The second-order valence-corrected chi connectivity index (χ2v) is 9.64. The predicted molar refractivity (Wildman–Crippen MR) is 140 cm³/mol. The fraction of sp³-hybridized carbons (Fsp3) is 0.276. The van der Waals surface area contributed by atoms with Crippen molar-refractivity contribution in [1.82, 2.24) is 9.97 Å². The third-order valence-electron chi connectivity index (χ3n) is 6.95. The number of hydroxylamine groups is 3. The van der Waals surface area contributed by atoms with Crippen LogP contribution in [-0.4, -0.2) is 39.5 Å². The Labute approximate surface area is 205 Å². The molecule has 1 saturated heterocycles. The Balaban J connectivity index is 1.34. The zero-order valence-corrected chi connectivity index (χ0v) is 20.2. The average molecular weight is 467 g/mol. The van der Waals surface area contributed by atoms with E-state index in [0.717, 1.165) is 51.7 Å². The highest BCUT2D eigenvalue weighted by Crippen LogP contribution is 2.33. The van der Waals surface area contributed by atoms with Crippen LogP contribution in [0.25, 0.3) is 21.9 Å². The van der Waals surface area contributed by atoms with Crippen molar-refractivity contribution in [3.05, 3.63) is 95.2 Å². The van der Waals surface area contributed by atoms with E-state index in [-0.39, 0.29) is 16.5 Å². The molecule has 2 aromatic heterocycles. The van der Waals surface area contributed by atoms with Crippen LogP contribution in [0.4, 0.5) is 5.69 Å². The number of piperidine rings is 1. The Morgan fingerprint density at radius 1 is 1.03 bits per heavy atom.